The number of nitriles is 1. The fourth-order valence-corrected chi connectivity index (χ4v) is 2.31. The van der Waals surface area contributed by atoms with E-state index in [1.54, 1.807) is 17.0 Å². The van der Waals surface area contributed by atoms with Gasteiger partial charge in [0.2, 0.25) is 0 Å². The molecule has 0 atom stereocenters. The summed E-state index contributed by atoms with van der Waals surface area (Å²) >= 11 is 0. The Kier molecular flexibility index (Phi) is 4.97. The summed E-state index contributed by atoms with van der Waals surface area (Å²) in [6.07, 6.45) is 1.72. The summed E-state index contributed by atoms with van der Waals surface area (Å²) in [5.74, 6) is 0.331. The molecule has 1 aliphatic rings. The predicted octanol–water partition coefficient (Wildman–Crippen LogP) is 1.47. The highest BCUT2D eigenvalue weighted by atomic mass is 16.3. The van der Waals surface area contributed by atoms with E-state index in [9.17, 15) is 4.79 Å². The minimum absolute atomic E-state index is 0.0641. The van der Waals surface area contributed by atoms with E-state index in [-0.39, 0.29) is 12.6 Å². The number of nitrogens with zero attached hydrogens (tertiary/aromatic N) is 2. The lowest BCUT2D eigenvalue weighted by molar-refractivity contribution is 0.137. The molecule has 2 amide bonds. The molecule has 0 spiro atoms. The van der Waals surface area contributed by atoms with Gasteiger partial charge in [-0.3, -0.25) is 0 Å². The SMILES string of the molecule is N#Cc1ccc(CNC(=O)N2CCC(CO)CC2)cc1. The zero-order valence-corrected chi connectivity index (χ0v) is 11.4. The number of hydrogen-bond donors (Lipinski definition) is 2. The van der Waals surface area contributed by atoms with E-state index >= 15 is 0 Å². The molecule has 1 saturated heterocycles. The number of benzene rings is 1. The van der Waals surface area contributed by atoms with Crippen molar-refractivity contribution in [1.82, 2.24) is 10.2 Å². The number of likely N-dealkylation sites (tertiary alicyclic amines) is 1. The molecule has 1 aromatic carbocycles. The summed E-state index contributed by atoms with van der Waals surface area (Å²) in [7, 11) is 0. The number of piperidine rings is 1. The minimum atomic E-state index is -0.0641. The quantitative estimate of drug-likeness (QED) is 0.875. The average molecular weight is 273 g/mol. The Labute approximate surface area is 118 Å². The summed E-state index contributed by atoms with van der Waals surface area (Å²) in [5.41, 5.74) is 1.59. The number of urea groups is 1. The molecule has 5 nitrogen and oxygen atoms in total. The molecule has 1 aromatic rings. The maximum Gasteiger partial charge on any atom is 0.317 e. The second-order valence-electron chi connectivity index (χ2n) is 5.08. The van der Waals surface area contributed by atoms with Gasteiger partial charge in [-0.2, -0.15) is 5.26 Å². The topological polar surface area (TPSA) is 76.4 Å². The molecule has 1 aliphatic heterocycles. The van der Waals surface area contributed by atoms with Crippen molar-refractivity contribution in [2.45, 2.75) is 19.4 Å². The van der Waals surface area contributed by atoms with Crippen molar-refractivity contribution in [1.29, 1.82) is 5.26 Å². The first kappa shape index (κ1) is 14.4. The van der Waals surface area contributed by atoms with Crippen molar-refractivity contribution >= 4 is 6.03 Å². The molecule has 0 bridgehead atoms. The van der Waals surface area contributed by atoms with Crippen LogP contribution in [-0.4, -0.2) is 35.7 Å². The first-order valence-electron chi connectivity index (χ1n) is 6.85. The molecule has 0 saturated carbocycles. The Balaban J connectivity index is 1.79. The number of aliphatic hydroxyl groups is 1. The van der Waals surface area contributed by atoms with E-state index in [1.165, 1.54) is 0 Å². The molecule has 0 radical (unpaired) electrons. The van der Waals surface area contributed by atoms with Crippen LogP contribution in [0.2, 0.25) is 0 Å². The molecular formula is C15H19N3O2. The summed E-state index contributed by atoms with van der Waals surface area (Å²) in [6.45, 7) is 2.07. The van der Waals surface area contributed by atoms with Gasteiger partial charge in [-0.15, -0.1) is 0 Å². The third-order valence-corrected chi connectivity index (χ3v) is 3.69. The number of rotatable bonds is 3. The third-order valence-electron chi connectivity index (χ3n) is 3.69. The molecule has 1 fully saturated rings. The number of carbonyl (C=O) groups excluding carboxylic acids is 1. The number of nitrogens with one attached hydrogen (secondary N) is 1. The van der Waals surface area contributed by atoms with Gasteiger partial charge in [0.05, 0.1) is 11.6 Å². The Morgan fingerprint density at radius 2 is 2.00 bits per heavy atom. The van der Waals surface area contributed by atoms with Gasteiger partial charge in [-0.25, -0.2) is 4.79 Å². The fraction of sp³-hybridized carbons (Fsp3) is 0.467. The van der Waals surface area contributed by atoms with Crippen LogP contribution in [0, 0.1) is 17.2 Å². The second-order valence-corrected chi connectivity index (χ2v) is 5.08. The predicted molar refractivity (Wildman–Crippen MR) is 74.8 cm³/mol. The molecule has 0 aliphatic carbocycles. The van der Waals surface area contributed by atoms with Crippen molar-refractivity contribution in [3.05, 3.63) is 35.4 Å². The molecule has 20 heavy (non-hydrogen) atoms. The highest BCUT2D eigenvalue weighted by Crippen LogP contribution is 2.16. The smallest absolute Gasteiger partial charge is 0.317 e. The fourth-order valence-electron chi connectivity index (χ4n) is 2.31. The first-order chi connectivity index (χ1) is 9.72. The lowest BCUT2D eigenvalue weighted by Gasteiger charge is -2.31. The Morgan fingerprint density at radius 1 is 1.35 bits per heavy atom. The second kappa shape index (κ2) is 6.92. The molecule has 1 heterocycles. The zero-order chi connectivity index (χ0) is 14.4. The highest BCUT2D eigenvalue weighted by molar-refractivity contribution is 5.74. The normalized spacial score (nSPS) is 15.7. The maximum absolute atomic E-state index is 12.0. The number of carbonyl (C=O) groups is 1. The van der Waals surface area contributed by atoms with E-state index in [2.05, 4.69) is 11.4 Å². The van der Waals surface area contributed by atoms with Gasteiger partial charge in [0.1, 0.15) is 0 Å². The summed E-state index contributed by atoms with van der Waals surface area (Å²) in [4.78, 5) is 13.8. The van der Waals surface area contributed by atoms with Crippen LogP contribution in [0.25, 0.3) is 0 Å². The van der Waals surface area contributed by atoms with Crippen molar-refractivity contribution < 1.29 is 9.90 Å². The van der Waals surface area contributed by atoms with E-state index in [4.69, 9.17) is 10.4 Å². The van der Waals surface area contributed by atoms with Crippen LogP contribution in [0.5, 0.6) is 0 Å². The van der Waals surface area contributed by atoms with Gasteiger partial charge in [0, 0.05) is 26.2 Å². The Morgan fingerprint density at radius 3 is 2.55 bits per heavy atom. The molecule has 0 aromatic heterocycles. The van der Waals surface area contributed by atoms with Crippen molar-refractivity contribution in [2.24, 2.45) is 5.92 Å². The third kappa shape index (κ3) is 3.72. The van der Waals surface area contributed by atoms with Crippen LogP contribution >= 0.6 is 0 Å². The van der Waals surface area contributed by atoms with Crippen LogP contribution in [-0.2, 0) is 6.54 Å². The van der Waals surface area contributed by atoms with Gasteiger partial charge in [-0.1, -0.05) is 12.1 Å². The molecule has 0 unspecified atom stereocenters. The van der Waals surface area contributed by atoms with Gasteiger partial charge in [-0.05, 0) is 36.5 Å². The zero-order valence-electron chi connectivity index (χ0n) is 11.4. The number of hydrogen-bond acceptors (Lipinski definition) is 3. The number of amides is 2. The van der Waals surface area contributed by atoms with Crippen LogP contribution in [0.15, 0.2) is 24.3 Å². The van der Waals surface area contributed by atoms with E-state index in [1.807, 2.05) is 12.1 Å². The van der Waals surface area contributed by atoms with Crippen LogP contribution in [0.4, 0.5) is 4.79 Å². The molecule has 106 valence electrons. The summed E-state index contributed by atoms with van der Waals surface area (Å²) in [6, 6.07) is 9.18. The van der Waals surface area contributed by atoms with Gasteiger partial charge < -0.3 is 15.3 Å². The molecule has 5 heteroatoms. The highest BCUT2D eigenvalue weighted by Gasteiger charge is 2.21. The lowest BCUT2D eigenvalue weighted by Crippen LogP contribution is -2.44. The maximum atomic E-state index is 12.0. The Hall–Kier alpha value is -2.06. The molecule has 2 N–H and O–H groups in total. The molecule has 2 rings (SSSR count). The Bertz CT molecular complexity index is 485. The molecular weight excluding hydrogens is 254 g/mol. The van der Waals surface area contributed by atoms with Gasteiger partial charge in [0.25, 0.3) is 0 Å². The summed E-state index contributed by atoms with van der Waals surface area (Å²) < 4.78 is 0. The van der Waals surface area contributed by atoms with Gasteiger partial charge >= 0.3 is 6.03 Å². The van der Waals surface area contributed by atoms with Gasteiger partial charge in [0.15, 0.2) is 0 Å². The van der Waals surface area contributed by atoms with Crippen LogP contribution < -0.4 is 5.32 Å². The van der Waals surface area contributed by atoms with E-state index in [0.717, 1.165) is 18.4 Å². The van der Waals surface area contributed by atoms with Crippen LogP contribution in [0.3, 0.4) is 0 Å². The largest absolute Gasteiger partial charge is 0.396 e. The van der Waals surface area contributed by atoms with Crippen LogP contribution in [0.1, 0.15) is 24.0 Å². The minimum Gasteiger partial charge on any atom is -0.396 e. The van der Waals surface area contributed by atoms with Crippen molar-refractivity contribution in [3.8, 4) is 6.07 Å². The first-order valence-corrected chi connectivity index (χ1v) is 6.85. The van der Waals surface area contributed by atoms with E-state index in [0.29, 0.717) is 31.1 Å². The number of aliphatic hydroxyl groups excluding tert-OH is 1. The lowest BCUT2D eigenvalue weighted by atomic mass is 9.98. The van der Waals surface area contributed by atoms with E-state index < -0.39 is 0 Å². The monoisotopic (exact) mass is 273 g/mol. The average Bonchev–Trinajstić information content (AvgIpc) is 2.53. The van der Waals surface area contributed by atoms with Crippen molar-refractivity contribution in [3.63, 3.8) is 0 Å². The standard InChI is InChI=1S/C15H19N3O2/c16-9-12-1-3-13(4-2-12)10-17-15(20)18-7-5-14(11-19)6-8-18/h1-4,14,19H,5-8,10-11H2,(H,17,20). The van der Waals surface area contributed by atoms with Crippen molar-refractivity contribution in [2.75, 3.05) is 19.7 Å². The summed E-state index contributed by atoms with van der Waals surface area (Å²) in [5, 5.41) is 20.7.